The summed E-state index contributed by atoms with van der Waals surface area (Å²) in [5.41, 5.74) is -0.687. The predicted octanol–water partition coefficient (Wildman–Crippen LogP) is 1.94. The molecular weight excluding hydrogens is 230 g/mol. The highest BCUT2D eigenvalue weighted by atomic mass is 16.4. The molecule has 3 aliphatic carbocycles. The molecule has 1 amide bonds. The molecule has 3 saturated carbocycles. The Morgan fingerprint density at radius 1 is 1.17 bits per heavy atom. The van der Waals surface area contributed by atoms with Crippen molar-refractivity contribution < 1.29 is 14.7 Å². The van der Waals surface area contributed by atoms with E-state index in [1.54, 1.807) is 0 Å². The molecule has 18 heavy (non-hydrogen) atoms. The predicted molar refractivity (Wildman–Crippen MR) is 65.9 cm³/mol. The number of carboxylic acids is 1. The SMILES string of the molecule is CC1CCC(NC(=O)C2CC23CC3)(C(=O)O)CC1. The first-order valence-electron chi connectivity index (χ1n) is 7.03. The topological polar surface area (TPSA) is 66.4 Å². The van der Waals surface area contributed by atoms with Gasteiger partial charge in [0.2, 0.25) is 5.91 Å². The summed E-state index contributed by atoms with van der Waals surface area (Å²) >= 11 is 0. The lowest BCUT2D eigenvalue weighted by Gasteiger charge is -2.36. The van der Waals surface area contributed by atoms with Gasteiger partial charge in [-0.25, -0.2) is 4.79 Å². The van der Waals surface area contributed by atoms with Crippen LogP contribution in [0.4, 0.5) is 0 Å². The molecule has 3 rings (SSSR count). The van der Waals surface area contributed by atoms with Gasteiger partial charge in [-0.1, -0.05) is 6.92 Å². The Bertz CT molecular complexity index is 392. The largest absolute Gasteiger partial charge is 0.480 e. The number of carbonyl (C=O) groups is 2. The lowest BCUT2D eigenvalue weighted by atomic mass is 9.77. The van der Waals surface area contributed by atoms with E-state index in [4.69, 9.17) is 0 Å². The second kappa shape index (κ2) is 3.72. The van der Waals surface area contributed by atoms with E-state index >= 15 is 0 Å². The average Bonchev–Trinajstić information content (AvgIpc) is 3.23. The third kappa shape index (κ3) is 1.82. The molecule has 4 nitrogen and oxygen atoms in total. The Morgan fingerprint density at radius 3 is 2.22 bits per heavy atom. The summed E-state index contributed by atoms with van der Waals surface area (Å²) in [5, 5.41) is 12.3. The number of carboxylic acid groups (broad SMARTS) is 1. The van der Waals surface area contributed by atoms with E-state index in [1.807, 2.05) is 0 Å². The van der Waals surface area contributed by atoms with Crippen LogP contribution in [0, 0.1) is 17.3 Å². The summed E-state index contributed by atoms with van der Waals surface area (Å²) in [6.07, 6.45) is 6.23. The average molecular weight is 251 g/mol. The first-order valence-corrected chi connectivity index (χ1v) is 7.03. The van der Waals surface area contributed by atoms with Crippen molar-refractivity contribution in [2.24, 2.45) is 17.3 Å². The Kier molecular flexibility index (Phi) is 2.48. The monoisotopic (exact) mass is 251 g/mol. The van der Waals surface area contributed by atoms with E-state index in [9.17, 15) is 14.7 Å². The Labute approximate surface area is 107 Å². The van der Waals surface area contributed by atoms with Crippen molar-refractivity contribution in [2.75, 3.05) is 0 Å². The summed E-state index contributed by atoms with van der Waals surface area (Å²) in [5.74, 6) is -0.184. The molecule has 0 heterocycles. The summed E-state index contributed by atoms with van der Waals surface area (Å²) in [6, 6.07) is 0. The van der Waals surface area contributed by atoms with Crippen LogP contribution >= 0.6 is 0 Å². The van der Waals surface area contributed by atoms with Crippen molar-refractivity contribution in [2.45, 2.75) is 57.4 Å². The molecule has 1 spiro atoms. The van der Waals surface area contributed by atoms with E-state index < -0.39 is 11.5 Å². The standard InChI is InChI=1S/C14H21NO3/c1-9-2-4-14(5-3-9,12(17)18)15-11(16)10-8-13(10)6-7-13/h9-10H,2-8H2,1H3,(H,15,16)(H,17,18). The van der Waals surface area contributed by atoms with Crippen LogP contribution in [0.2, 0.25) is 0 Å². The molecule has 0 radical (unpaired) electrons. The molecular formula is C14H21NO3. The van der Waals surface area contributed by atoms with E-state index in [-0.39, 0.29) is 11.8 Å². The van der Waals surface area contributed by atoms with Crippen molar-refractivity contribution >= 4 is 11.9 Å². The zero-order chi connectivity index (χ0) is 13.0. The van der Waals surface area contributed by atoms with Gasteiger partial charge in [0.15, 0.2) is 0 Å². The van der Waals surface area contributed by atoms with Gasteiger partial charge in [0.1, 0.15) is 5.54 Å². The second-order valence-corrected chi connectivity index (χ2v) is 6.68. The maximum Gasteiger partial charge on any atom is 0.329 e. The zero-order valence-electron chi connectivity index (χ0n) is 10.9. The van der Waals surface area contributed by atoms with Crippen molar-refractivity contribution in [1.82, 2.24) is 5.32 Å². The van der Waals surface area contributed by atoms with Crippen molar-refractivity contribution in [3.8, 4) is 0 Å². The number of carbonyl (C=O) groups excluding carboxylic acids is 1. The Hall–Kier alpha value is -1.06. The fourth-order valence-corrected chi connectivity index (χ4v) is 3.40. The normalized spacial score (nSPS) is 40.3. The van der Waals surface area contributed by atoms with Crippen LogP contribution in [0.1, 0.15) is 51.9 Å². The van der Waals surface area contributed by atoms with Crippen molar-refractivity contribution in [3.05, 3.63) is 0 Å². The van der Waals surface area contributed by atoms with Gasteiger partial charge in [-0.2, -0.15) is 0 Å². The molecule has 0 aliphatic heterocycles. The maximum atomic E-state index is 12.1. The van der Waals surface area contributed by atoms with Gasteiger partial charge in [0, 0.05) is 5.92 Å². The van der Waals surface area contributed by atoms with E-state index in [1.165, 1.54) is 0 Å². The molecule has 0 aromatic rings. The molecule has 0 bridgehead atoms. The lowest BCUT2D eigenvalue weighted by Crippen LogP contribution is -2.56. The third-order valence-electron chi connectivity index (χ3n) is 5.30. The smallest absolute Gasteiger partial charge is 0.329 e. The third-order valence-corrected chi connectivity index (χ3v) is 5.30. The molecule has 0 aromatic carbocycles. The summed E-state index contributed by atoms with van der Waals surface area (Å²) in [7, 11) is 0. The molecule has 2 N–H and O–H groups in total. The van der Waals surface area contributed by atoms with Gasteiger partial charge in [0.25, 0.3) is 0 Å². The second-order valence-electron chi connectivity index (χ2n) is 6.68. The molecule has 100 valence electrons. The molecule has 3 fully saturated rings. The first-order chi connectivity index (χ1) is 8.47. The molecule has 0 aromatic heterocycles. The lowest BCUT2D eigenvalue weighted by molar-refractivity contribution is -0.150. The Balaban J connectivity index is 1.67. The van der Waals surface area contributed by atoms with Gasteiger partial charge in [-0.3, -0.25) is 4.79 Å². The number of nitrogens with one attached hydrogen (secondary N) is 1. The highest BCUT2D eigenvalue weighted by Crippen LogP contribution is 2.70. The molecule has 1 atom stereocenters. The zero-order valence-corrected chi connectivity index (χ0v) is 10.9. The minimum absolute atomic E-state index is 0.00977. The minimum Gasteiger partial charge on any atom is -0.480 e. The highest BCUT2D eigenvalue weighted by molar-refractivity contribution is 5.90. The molecule has 0 saturated heterocycles. The van der Waals surface area contributed by atoms with Crippen molar-refractivity contribution in [3.63, 3.8) is 0 Å². The minimum atomic E-state index is -0.984. The number of rotatable bonds is 3. The summed E-state index contributed by atoms with van der Waals surface area (Å²) < 4.78 is 0. The maximum absolute atomic E-state index is 12.1. The number of amides is 1. The van der Waals surface area contributed by atoms with Crippen LogP contribution in [-0.2, 0) is 9.59 Å². The fraction of sp³-hybridized carbons (Fsp3) is 0.857. The van der Waals surface area contributed by atoms with Gasteiger partial charge in [-0.05, 0) is 56.3 Å². The summed E-state index contributed by atoms with van der Waals surface area (Å²) in [4.78, 5) is 23.7. The van der Waals surface area contributed by atoms with E-state index in [0.29, 0.717) is 24.2 Å². The van der Waals surface area contributed by atoms with Gasteiger partial charge < -0.3 is 10.4 Å². The molecule has 3 aliphatic rings. The van der Waals surface area contributed by atoms with E-state index in [2.05, 4.69) is 12.2 Å². The highest BCUT2D eigenvalue weighted by Gasteiger charge is 2.66. The van der Waals surface area contributed by atoms with Crippen LogP contribution in [0.25, 0.3) is 0 Å². The number of aliphatic carboxylic acids is 1. The van der Waals surface area contributed by atoms with Crippen molar-refractivity contribution in [1.29, 1.82) is 0 Å². The first kappa shape index (κ1) is 12.0. The van der Waals surface area contributed by atoms with Gasteiger partial charge in [-0.15, -0.1) is 0 Å². The number of hydrogen-bond donors (Lipinski definition) is 2. The van der Waals surface area contributed by atoms with E-state index in [0.717, 1.165) is 32.1 Å². The fourth-order valence-electron chi connectivity index (χ4n) is 3.40. The quantitative estimate of drug-likeness (QED) is 0.805. The van der Waals surface area contributed by atoms with Crippen LogP contribution < -0.4 is 5.32 Å². The summed E-state index contributed by atoms with van der Waals surface area (Å²) in [6.45, 7) is 2.15. The van der Waals surface area contributed by atoms with Crippen LogP contribution in [0.3, 0.4) is 0 Å². The molecule has 4 heteroatoms. The Morgan fingerprint density at radius 2 is 1.78 bits per heavy atom. The van der Waals surface area contributed by atoms with Crippen LogP contribution in [0.5, 0.6) is 0 Å². The van der Waals surface area contributed by atoms with Gasteiger partial charge >= 0.3 is 5.97 Å². The number of hydrogen-bond acceptors (Lipinski definition) is 2. The van der Waals surface area contributed by atoms with Gasteiger partial charge in [0.05, 0.1) is 0 Å². The van der Waals surface area contributed by atoms with Crippen LogP contribution in [-0.4, -0.2) is 22.5 Å². The van der Waals surface area contributed by atoms with Crippen LogP contribution in [0.15, 0.2) is 0 Å². The molecule has 1 unspecified atom stereocenters.